The molecule has 0 aliphatic rings. The van der Waals surface area contributed by atoms with Gasteiger partial charge in [0.05, 0.1) is 27.7 Å². The summed E-state index contributed by atoms with van der Waals surface area (Å²) in [4.78, 5) is 35.6. The number of phosphoric acid groups is 1. The molecule has 0 bridgehead atoms. The van der Waals surface area contributed by atoms with Crippen molar-refractivity contribution in [2.45, 2.75) is 264 Å². The zero-order valence-electron chi connectivity index (χ0n) is 43.9. The Kier molecular flexibility index (Phi) is 47.0. The first kappa shape index (κ1) is 64.2. The maximum atomic E-state index is 12.8. The molecule has 0 aliphatic carbocycles. The van der Waals surface area contributed by atoms with Gasteiger partial charge in [-0.3, -0.25) is 18.6 Å². The standard InChI is InChI=1S/C56H106NO8P/c1-6-8-10-12-14-16-18-20-22-24-26-27-28-29-31-33-35-37-39-41-43-45-47-49-56(59)65-54(53-64-66(60,61)63-51-50-57(3,4)5)52-62-55(58)48-46-44-42-40-38-36-34-32-30-25-23-21-19-17-15-13-11-9-7-2/h18,20,24,26,28-29,54H,6-17,19,21-23,25,27,30-53H2,1-5H3/p+1/b20-18-,26-24-,29-28-. The van der Waals surface area contributed by atoms with Gasteiger partial charge in [-0.15, -0.1) is 0 Å². The summed E-state index contributed by atoms with van der Waals surface area (Å²) in [6.45, 7) is 4.45. The van der Waals surface area contributed by atoms with Crippen molar-refractivity contribution in [2.24, 2.45) is 0 Å². The minimum Gasteiger partial charge on any atom is -0.462 e. The maximum Gasteiger partial charge on any atom is 0.472 e. The molecular weight excluding hydrogens is 846 g/mol. The van der Waals surface area contributed by atoms with E-state index in [1.165, 1.54) is 167 Å². The number of unbranched alkanes of at least 4 members (excludes halogenated alkanes) is 31. The van der Waals surface area contributed by atoms with Crippen LogP contribution in [0.2, 0.25) is 0 Å². The molecule has 66 heavy (non-hydrogen) atoms. The highest BCUT2D eigenvalue weighted by Gasteiger charge is 2.27. The molecule has 2 atom stereocenters. The lowest BCUT2D eigenvalue weighted by atomic mass is 10.0. The summed E-state index contributed by atoms with van der Waals surface area (Å²) in [6.07, 6.45) is 57.7. The number of esters is 2. The molecule has 0 spiro atoms. The van der Waals surface area contributed by atoms with Crippen molar-refractivity contribution in [3.05, 3.63) is 36.5 Å². The highest BCUT2D eigenvalue weighted by atomic mass is 31.2. The predicted molar refractivity (Wildman–Crippen MR) is 280 cm³/mol. The van der Waals surface area contributed by atoms with Crippen molar-refractivity contribution in [1.29, 1.82) is 0 Å². The molecule has 0 heterocycles. The lowest BCUT2D eigenvalue weighted by Gasteiger charge is -2.24. The van der Waals surface area contributed by atoms with Gasteiger partial charge in [-0.2, -0.15) is 0 Å². The number of likely N-dealkylation sites (N-methyl/N-ethyl adjacent to an activating group) is 1. The molecule has 0 radical (unpaired) electrons. The van der Waals surface area contributed by atoms with Gasteiger partial charge in [-0.1, -0.05) is 230 Å². The lowest BCUT2D eigenvalue weighted by molar-refractivity contribution is -0.870. The second-order valence-electron chi connectivity index (χ2n) is 20.0. The van der Waals surface area contributed by atoms with Crippen LogP contribution < -0.4 is 0 Å². The number of carbonyl (C=O) groups excluding carboxylic acids is 2. The van der Waals surface area contributed by atoms with E-state index in [0.29, 0.717) is 23.9 Å². The predicted octanol–water partition coefficient (Wildman–Crippen LogP) is 16.8. The summed E-state index contributed by atoms with van der Waals surface area (Å²) < 4.78 is 34.5. The van der Waals surface area contributed by atoms with Gasteiger partial charge in [0.25, 0.3) is 0 Å². The number of allylic oxidation sites excluding steroid dienone is 6. The van der Waals surface area contributed by atoms with Gasteiger partial charge in [-0.25, -0.2) is 4.57 Å². The number of rotatable bonds is 51. The van der Waals surface area contributed by atoms with Crippen LogP contribution in [0.15, 0.2) is 36.5 Å². The van der Waals surface area contributed by atoms with Crippen LogP contribution in [0.4, 0.5) is 0 Å². The topological polar surface area (TPSA) is 108 Å². The average molecular weight is 953 g/mol. The molecular formula is C56H107NO8P+. The third kappa shape index (κ3) is 51.6. The Morgan fingerprint density at radius 1 is 0.470 bits per heavy atom. The Morgan fingerprint density at radius 2 is 0.818 bits per heavy atom. The quantitative estimate of drug-likeness (QED) is 0.0211. The van der Waals surface area contributed by atoms with E-state index in [4.69, 9.17) is 18.5 Å². The molecule has 0 rings (SSSR count). The van der Waals surface area contributed by atoms with Crippen LogP contribution in [0.1, 0.15) is 258 Å². The minimum atomic E-state index is -4.38. The van der Waals surface area contributed by atoms with E-state index in [1.54, 1.807) is 0 Å². The molecule has 2 unspecified atom stereocenters. The number of ether oxygens (including phenoxy) is 2. The lowest BCUT2D eigenvalue weighted by Crippen LogP contribution is -2.37. The van der Waals surface area contributed by atoms with Gasteiger partial charge in [0.1, 0.15) is 19.8 Å². The Labute approximate surface area is 408 Å². The summed E-state index contributed by atoms with van der Waals surface area (Å²) in [7, 11) is 1.48. The molecule has 1 N–H and O–H groups in total. The van der Waals surface area contributed by atoms with Gasteiger partial charge in [0.15, 0.2) is 6.10 Å². The molecule has 0 saturated heterocycles. The van der Waals surface area contributed by atoms with Gasteiger partial charge in [0, 0.05) is 12.8 Å². The maximum absolute atomic E-state index is 12.8. The molecule has 0 aromatic rings. The van der Waals surface area contributed by atoms with Crippen LogP contribution in [-0.4, -0.2) is 74.9 Å². The number of phosphoric ester groups is 1. The number of carbonyl (C=O) groups is 2. The Morgan fingerprint density at radius 3 is 1.21 bits per heavy atom. The van der Waals surface area contributed by atoms with Gasteiger partial charge in [0.2, 0.25) is 0 Å². The summed E-state index contributed by atoms with van der Waals surface area (Å²) >= 11 is 0. The zero-order chi connectivity index (χ0) is 48.5. The molecule has 10 heteroatoms. The second-order valence-corrected chi connectivity index (χ2v) is 21.4. The first-order valence-corrected chi connectivity index (χ1v) is 29.2. The van der Waals surface area contributed by atoms with Crippen LogP contribution in [0.5, 0.6) is 0 Å². The third-order valence-electron chi connectivity index (χ3n) is 12.2. The van der Waals surface area contributed by atoms with Crippen LogP contribution in [0.3, 0.4) is 0 Å². The normalized spacial score (nSPS) is 13.6. The molecule has 9 nitrogen and oxygen atoms in total. The van der Waals surface area contributed by atoms with Crippen molar-refractivity contribution in [3.63, 3.8) is 0 Å². The number of quaternary nitrogens is 1. The van der Waals surface area contributed by atoms with Gasteiger partial charge in [-0.05, 0) is 51.4 Å². The fraction of sp³-hybridized carbons (Fsp3) is 0.857. The van der Waals surface area contributed by atoms with E-state index in [1.807, 2.05) is 21.1 Å². The minimum absolute atomic E-state index is 0.0312. The highest BCUT2D eigenvalue weighted by Crippen LogP contribution is 2.43. The van der Waals surface area contributed by atoms with E-state index in [-0.39, 0.29) is 25.6 Å². The van der Waals surface area contributed by atoms with Crippen molar-refractivity contribution >= 4 is 19.8 Å². The van der Waals surface area contributed by atoms with Crippen molar-refractivity contribution in [1.82, 2.24) is 0 Å². The zero-order valence-corrected chi connectivity index (χ0v) is 44.8. The summed E-state index contributed by atoms with van der Waals surface area (Å²) in [5.41, 5.74) is 0. The number of hydrogen-bond donors (Lipinski definition) is 1. The average Bonchev–Trinajstić information content (AvgIpc) is 3.27. The molecule has 388 valence electrons. The van der Waals surface area contributed by atoms with Crippen LogP contribution in [-0.2, 0) is 32.7 Å². The monoisotopic (exact) mass is 953 g/mol. The fourth-order valence-electron chi connectivity index (χ4n) is 7.85. The van der Waals surface area contributed by atoms with E-state index >= 15 is 0 Å². The molecule has 0 aromatic carbocycles. The molecule has 0 aromatic heterocycles. The fourth-order valence-corrected chi connectivity index (χ4v) is 8.59. The number of hydrogen-bond acceptors (Lipinski definition) is 7. The van der Waals surface area contributed by atoms with Crippen LogP contribution in [0, 0.1) is 0 Å². The van der Waals surface area contributed by atoms with E-state index < -0.39 is 26.5 Å². The molecule has 0 fully saturated rings. The van der Waals surface area contributed by atoms with Gasteiger partial charge < -0.3 is 18.9 Å². The summed E-state index contributed by atoms with van der Waals surface area (Å²) in [5, 5.41) is 0. The van der Waals surface area contributed by atoms with Gasteiger partial charge >= 0.3 is 19.8 Å². The highest BCUT2D eigenvalue weighted by molar-refractivity contribution is 7.47. The smallest absolute Gasteiger partial charge is 0.462 e. The third-order valence-corrected chi connectivity index (χ3v) is 13.2. The summed E-state index contributed by atoms with van der Waals surface area (Å²) in [5.74, 6) is -0.794. The van der Waals surface area contributed by atoms with Crippen LogP contribution >= 0.6 is 7.82 Å². The molecule has 0 amide bonds. The van der Waals surface area contributed by atoms with E-state index in [0.717, 1.165) is 57.8 Å². The first-order chi connectivity index (χ1) is 32.0. The van der Waals surface area contributed by atoms with E-state index in [9.17, 15) is 19.0 Å². The Bertz CT molecular complexity index is 1210. The summed E-state index contributed by atoms with van der Waals surface area (Å²) in [6, 6.07) is 0. The van der Waals surface area contributed by atoms with Crippen LogP contribution in [0.25, 0.3) is 0 Å². The Balaban J connectivity index is 4.21. The van der Waals surface area contributed by atoms with Crippen molar-refractivity contribution in [3.8, 4) is 0 Å². The van der Waals surface area contributed by atoms with Crippen molar-refractivity contribution < 1.29 is 42.1 Å². The second kappa shape index (κ2) is 48.3. The Hall–Kier alpha value is -1.77. The van der Waals surface area contributed by atoms with E-state index in [2.05, 4.69) is 50.3 Å². The largest absolute Gasteiger partial charge is 0.472 e. The van der Waals surface area contributed by atoms with Crippen molar-refractivity contribution in [2.75, 3.05) is 47.5 Å². The first-order valence-electron chi connectivity index (χ1n) is 27.7. The SMILES string of the molecule is CCCCCCC/C=C\C/C=C\C/C=C\CCCCCCCCCCC(=O)OC(COC(=O)CCCCCCCCCCCCCCCCCCCCC)COP(=O)(O)OCC[N+](C)(C)C. The number of nitrogens with zero attached hydrogens (tertiary/aromatic N) is 1. The molecule has 0 saturated carbocycles. The molecule has 0 aliphatic heterocycles.